The van der Waals surface area contributed by atoms with Gasteiger partial charge in [-0.25, -0.2) is 0 Å². The van der Waals surface area contributed by atoms with Crippen molar-refractivity contribution in [1.29, 1.82) is 0 Å². The average Bonchev–Trinajstić information content (AvgIpc) is 3.47. The van der Waals surface area contributed by atoms with Crippen LogP contribution in [-0.4, -0.2) is 37.2 Å². The van der Waals surface area contributed by atoms with Crippen molar-refractivity contribution in [2.24, 2.45) is 0 Å². The summed E-state index contributed by atoms with van der Waals surface area (Å²) in [4.78, 5) is 38.4. The lowest BCUT2D eigenvalue weighted by Crippen LogP contribution is -2.30. The largest absolute Gasteiger partial charge is 0.462 e. The molecule has 0 aromatic carbocycles. The van der Waals surface area contributed by atoms with Crippen molar-refractivity contribution in [2.75, 3.05) is 13.2 Å². The van der Waals surface area contributed by atoms with Gasteiger partial charge in [-0.15, -0.1) is 0 Å². The quantitative estimate of drug-likeness (QED) is 0.0261. The van der Waals surface area contributed by atoms with Crippen LogP contribution in [-0.2, 0) is 28.6 Å². The van der Waals surface area contributed by atoms with E-state index in [9.17, 15) is 14.4 Å². The Morgan fingerprint density at radius 2 is 0.476 bits per heavy atom. The maximum Gasteiger partial charge on any atom is 0.306 e. The molecule has 0 aliphatic heterocycles. The fourth-order valence-corrected chi connectivity index (χ4v) is 10.6. The van der Waals surface area contributed by atoms with Gasteiger partial charge in [0, 0.05) is 19.3 Å². The van der Waals surface area contributed by atoms with E-state index in [2.05, 4.69) is 93.7 Å². The summed E-state index contributed by atoms with van der Waals surface area (Å²) in [6.45, 7) is 6.58. The van der Waals surface area contributed by atoms with Gasteiger partial charge in [-0.2, -0.15) is 0 Å². The van der Waals surface area contributed by atoms with Gasteiger partial charge >= 0.3 is 17.9 Å². The molecule has 0 heterocycles. The molecule has 476 valence electrons. The van der Waals surface area contributed by atoms with Crippen molar-refractivity contribution in [2.45, 2.75) is 380 Å². The molecule has 0 spiro atoms. The third-order valence-corrected chi connectivity index (χ3v) is 15.9. The molecule has 0 saturated carbocycles. The highest BCUT2D eigenvalue weighted by atomic mass is 16.6. The first-order valence-corrected chi connectivity index (χ1v) is 35.9. The van der Waals surface area contributed by atoms with Gasteiger partial charge in [-0.3, -0.25) is 14.4 Å². The van der Waals surface area contributed by atoms with Crippen molar-refractivity contribution in [3.05, 3.63) is 72.9 Å². The third-order valence-electron chi connectivity index (χ3n) is 15.9. The minimum atomic E-state index is -0.777. The zero-order chi connectivity index (χ0) is 59.2. The number of rotatable bonds is 66. The van der Waals surface area contributed by atoms with Gasteiger partial charge in [0.25, 0.3) is 0 Å². The Morgan fingerprint density at radius 3 is 0.756 bits per heavy atom. The highest BCUT2D eigenvalue weighted by molar-refractivity contribution is 5.71. The molecule has 1 unspecified atom stereocenters. The Kier molecular flexibility index (Phi) is 67.6. The second kappa shape index (κ2) is 70.3. The predicted octanol–water partition coefficient (Wildman–Crippen LogP) is 24.8. The van der Waals surface area contributed by atoms with E-state index in [-0.39, 0.29) is 31.1 Å². The molecule has 0 N–H and O–H groups in total. The van der Waals surface area contributed by atoms with Crippen LogP contribution >= 0.6 is 0 Å². The fraction of sp³-hybridized carbons (Fsp3) is 0.803. The SMILES string of the molecule is CC/C=C\C/C=C\C/C=C\C/C=C\C/C=C\CCCCCCCCCCCCCCCCCCCC(=O)OCC(COC(=O)CCCCCCCCCCCCCCCCC)OC(=O)CCCCCCC/C=C\CCCCCCCCC. The van der Waals surface area contributed by atoms with Crippen molar-refractivity contribution in [1.82, 2.24) is 0 Å². The van der Waals surface area contributed by atoms with E-state index in [1.165, 1.54) is 238 Å². The first kappa shape index (κ1) is 78.8. The first-order chi connectivity index (χ1) is 40.5. The number of unbranched alkanes of at least 4 members (excludes halogenated alkanes) is 43. The highest BCUT2D eigenvalue weighted by Crippen LogP contribution is 2.18. The Hall–Kier alpha value is -3.15. The van der Waals surface area contributed by atoms with Crippen molar-refractivity contribution in [3.8, 4) is 0 Å². The zero-order valence-electron chi connectivity index (χ0n) is 54.8. The van der Waals surface area contributed by atoms with Crippen LogP contribution in [0, 0.1) is 0 Å². The molecule has 0 aromatic heterocycles. The molecule has 0 aromatic rings. The molecule has 1 atom stereocenters. The molecule has 0 aliphatic carbocycles. The summed E-state index contributed by atoms with van der Waals surface area (Å²) in [5.74, 6) is -0.856. The summed E-state index contributed by atoms with van der Waals surface area (Å²) in [5, 5.41) is 0. The number of hydrogen-bond donors (Lipinski definition) is 0. The van der Waals surface area contributed by atoms with Crippen LogP contribution in [0.4, 0.5) is 0 Å². The van der Waals surface area contributed by atoms with E-state index < -0.39 is 6.10 Å². The molecule has 6 heteroatoms. The Balaban J connectivity index is 4.17. The number of hydrogen-bond acceptors (Lipinski definition) is 6. The van der Waals surface area contributed by atoms with E-state index in [0.29, 0.717) is 19.3 Å². The summed E-state index contributed by atoms with van der Waals surface area (Å²) in [6, 6.07) is 0. The Morgan fingerprint density at radius 1 is 0.256 bits per heavy atom. The van der Waals surface area contributed by atoms with Crippen LogP contribution in [0.1, 0.15) is 374 Å². The van der Waals surface area contributed by atoms with E-state index in [4.69, 9.17) is 14.2 Å². The predicted molar refractivity (Wildman–Crippen MR) is 358 cm³/mol. The monoisotopic (exact) mass is 1150 g/mol. The molecular weight excluding hydrogens is 1010 g/mol. The second-order valence-corrected chi connectivity index (χ2v) is 24.1. The highest BCUT2D eigenvalue weighted by Gasteiger charge is 2.19. The standard InChI is InChI=1S/C76H136O6/c1-4-7-10-13-16-19-22-25-28-30-31-32-33-34-35-36-37-38-39-40-41-42-43-44-45-46-49-51-54-57-60-63-66-69-75(78)81-72-73(71-80-74(77)68-65-62-59-56-53-50-47-27-24-21-18-15-12-9-6-3)82-76(79)70-67-64-61-58-55-52-48-29-26-23-20-17-14-11-8-5-2/h7,10,16,19,25,28-29,31-32,34-35,48,73H,4-6,8-9,11-15,17-18,20-24,26-27,30,33,36-47,49-72H2,1-3H3/b10-7-,19-16-,28-25-,32-31-,35-34-,48-29-. The van der Waals surface area contributed by atoms with Gasteiger partial charge in [-0.1, -0.05) is 338 Å². The summed E-state index contributed by atoms with van der Waals surface area (Å²) < 4.78 is 17.0. The van der Waals surface area contributed by atoms with Gasteiger partial charge in [-0.05, 0) is 89.9 Å². The number of allylic oxidation sites excluding steroid dienone is 12. The van der Waals surface area contributed by atoms with Gasteiger partial charge < -0.3 is 14.2 Å². The van der Waals surface area contributed by atoms with E-state index >= 15 is 0 Å². The topological polar surface area (TPSA) is 78.9 Å². The molecule has 6 nitrogen and oxygen atoms in total. The van der Waals surface area contributed by atoms with Crippen LogP contribution in [0.5, 0.6) is 0 Å². The smallest absolute Gasteiger partial charge is 0.306 e. The van der Waals surface area contributed by atoms with Crippen LogP contribution in [0.15, 0.2) is 72.9 Å². The minimum absolute atomic E-state index is 0.0720. The fourth-order valence-electron chi connectivity index (χ4n) is 10.6. The molecule has 0 bridgehead atoms. The average molecular weight is 1150 g/mol. The molecule has 82 heavy (non-hydrogen) atoms. The van der Waals surface area contributed by atoms with Crippen LogP contribution in [0.3, 0.4) is 0 Å². The lowest BCUT2D eigenvalue weighted by Gasteiger charge is -2.18. The molecule has 0 aliphatic rings. The minimum Gasteiger partial charge on any atom is -0.462 e. The van der Waals surface area contributed by atoms with Gasteiger partial charge in [0.05, 0.1) is 0 Å². The second-order valence-electron chi connectivity index (χ2n) is 24.1. The summed E-state index contributed by atoms with van der Waals surface area (Å²) >= 11 is 0. The van der Waals surface area contributed by atoms with Crippen molar-refractivity contribution in [3.63, 3.8) is 0 Å². The number of ether oxygens (including phenoxy) is 3. The molecule has 0 fully saturated rings. The molecule has 0 saturated heterocycles. The Labute approximate surface area is 510 Å². The molecule has 0 rings (SSSR count). The molecular formula is C76H136O6. The maximum absolute atomic E-state index is 12.9. The number of carbonyl (C=O) groups is 3. The zero-order valence-corrected chi connectivity index (χ0v) is 54.8. The van der Waals surface area contributed by atoms with Crippen LogP contribution in [0.2, 0.25) is 0 Å². The number of carbonyl (C=O) groups excluding carboxylic acids is 3. The normalized spacial score (nSPS) is 12.5. The van der Waals surface area contributed by atoms with Crippen LogP contribution in [0.25, 0.3) is 0 Å². The maximum atomic E-state index is 12.9. The lowest BCUT2D eigenvalue weighted by molar-refractivity contribution is -0.167. The molecule has 0 amide bonds. The van der Waals surface area contributed by atoms with Gasteiger partial charge in [0.1, 0.15) is 13.2 Å². The number of esters is 3. The Bertz CT molecular complexity index is 1500. The van der Waals surface area contributed by atoms with Crippen molar-refractivity contribution >= 4 is 17.9 Å². The van der Waals surface area contributed by atoms with Gasteiger partial charge in [0.2, 0.25) is 0 Å². The van der Waals surface area contributed by atoms with E-state index in [1.807, 2.05) is 0 Å². The van der Waals surface area contributed by atoms with Crippen molar-refractivity contribution < 1.29 is 28.6 Å². The summed E-state index contributed by atoms with van der Waals surface area (Å²) in [7, 11) is 0. The van der Waals surface area contributed by atoms with Crippen LogP contribution < -0.4 is 0 Å². The van der Waals surface area contributed by atoms with Gasteiger partial charge in [0.15, 0.2) is 6.10 Å². The van der Waals surface area contributed by atoms with E-state index in [1.54, 1.807) is 0 Å². The summed E-state index contributed by atoms with van der Waals surface area (Å²) in [6.07, 6.45) is 92.2. The third kappa shape index (κ3) is 67.6. The summed E-state index contributed by atoms with van der Waals surface area (Å²) in [5.41, 5.74) is 0. The first-order valence-electron chi connectivity index (χ1n) is 35.9. The van der Waals surface area contributed by atoms with E-state index in [0.717, 1.165) is 96.3 Å². The lowest BCUT2D eigenvalue weighted by atomic mass is 10.0. The molecule has 0 radical (unpaired) electrons.